The second kappa shape index (κ2) is 6.66. The van der Waals surface area contributed by atoms with E-state index in [9.17, 15) is 10.1 Å². The normalized spacial score (nSPS) is 11.5. The Morgan fingerprint density at radius 1 is 1.28 bits per heavy atom. The number of nitro benzene ring substituents is 1. The Balaban J connectivity index is 2.50. The minimum Gasteiger partial charge on any atom is -0.413 e. The fraction of sp³-hybridized carbons (Fsp3) is 0.538. The third kappa shape index (κ3) is 4.97. The van der Waals surface area contributed by atoms with Crippen LogP contribution in [-0.4, -0.2) is 13.2 Å². The molecule has 1 aromatic carbocycles. The van der Waals surface area contributed by atoms with Gasteiger partial charge >= 0.3 is 0 Å². The van der Waals surface area contributed by atoms with Crippen molar-refractivity contribution in [1.29, 1.82) is 0 Å². The van der Waals surface area contributed by atoms with Crippen LogP contribution in [0.2, 0.25) is 19.1 Å². The van der Waals surface area contributed by atoms with Gasteiger partial charge in [0.15, 0.2) is 8.32 Å². The molecule has 0 aromatic heterocycles. The van der Waals surface area contributed by atoms with Crippen LogP contribution in [0.4, 0.5) is 5.69 Å². The van der Waals surface area contributed by atoms with Gasteiger partial charge < -0.3 is 4.43 Å². The summed E-state index contributed by atoms with van der Waals surface area (Å²) in [5.41, 5.74) is 1.12. The summed E-state index contributed by atoms with van der Waals surface area (Å²) in [4.78, 5) is 10.1. The van der Waals surface area contributed by atoms with Crippen LogP contribution in [0.3, 0.4) is 0 Å². The van der Waals surface area contributed by atoms with Gasteiger partial charge in [0.05, 0.1) is 11.5 Å². The molecule has 0 heterocycles. The summed E-state index contributed by atoms with van der Waals surface area (Å²) in [6.45, 7) is 7.17. The highest BCUT2D eigenvalue weighted by Gasteiger charge is 2.21. The number of hydrogen-bond acceptors (Lipinski definition) is 3. The van der Waals surface area contributed by atoms with Crippen LogP contribution in [-0.2, 0) is 11.0 Å². The average Bonchev–Trinajstić information content (AvgIpc) is 2.35. The molecule has 1 rings (SSSR count). The molecule has 0 aliphatic carbocycles. The van der Waals surface area contributed by atoms with Crippen LogP contribution in [0.25, 0.3) is 0 Å². The standard InChI is InChI=1S/C13H21NO3Si/c1-4-5-10-18(2,3)17-11-12-6-8-13(9-7-12)14(15)16/h6-9H,4-5,10-11H2,1-3H3. The van der Waals surface area contributed by atoms with E-state index in [4.69, 9.17) is 4.43 Å². The van der Waals surface area contributed by atoms with Gasteiger partial charge in [-0.3, -0.25) is 10.1 Å². The summed E-state index contributed by atoms with van der Waals surface area (Å²) in [6.07, 6.45) is 2.40. The van der Waals surface area contributed by atoms with E-state index in [1.54, 1.807) is 12.1 Å². The zero-order valence-electron chi connectivity index (χ0n) is 11.3. The molecule has 100 valence electrons. The fourth-order valence-electron chi connectivity index (χ4n) is 1.67. The molecule has 0 aliphatic rings. The average molecular weight is 267 g/mol. The number of hydrogen-bond donors (Lipinski definition) is 0. The van der Waals surface area contributed by atoms with Crippen LogP contribution in [0, 0.1) is 10.1 Å². The molecule has 0 unspecified atom stereocenters. The molecule has 18 heavy (non-hydrogen) atoms. The predicted octanol–water partition coefficient (Wildman–Crippen LogP) is 4.12. The minimum atomic E-state index is -1.58. The van der Waals surface area contributed by atoms with E-state index in [1.165, 1.54) is 25.0 Å². The fourth-order valence-corrected chi connectivity index (χ4v) is 3.57. The van der Waals surface area contributed by atoms with E-state index < -0.39 is 8.32 Å². The summed E-state index contributed by atoms with van der Waals surface area (Å²) < 4.78 is 5.99. The van der Waals surface area contributed by atoms with Crippen LogP contribution in [0.15, 0.2) is 24.3 Å². The molecule has 0 aliphatic heterocycles. The molecule has 0 N–H and O–H groups in total. The van der Waals surface area contributed by atoms with E-state index in [0.717, 1.165) is 11.6 Å². The zero-order chi connectivity index (χ0) is 13.6. The van der Waals surface area contributed by atoms with Crippen molar-refractivity contribution in [1.82, 2.24) is 0 Å². The molecular weight excluding hydrogens is 246 g/mol. The van der Waals surface area contributed by atoms with Gasteiger partial charge in [-0.15, -0.1) is 0 Å². The van der Waals surface area contributed by atoms with Gasteiger partial charge in [0.25, 0.3) is 5.69 Å². The first-order valence-corrected chi connectivity index (χ1v) is 9.43. The van der Waals surface area contributed by atoms with Gasteiger partial charge in [-0.2, -0.15) is 0 Å². The van der Waals surface area contributed by atoms with E-state index in [0.29, 0.717) is 6.61 Å². The van der Waals surface area contributed by atoms with Gasteiger partial charge in [-0.1, -0.05) is 19.8 Å². The van der Waals surface area contributed by atoms with Crippen LogP contribution in [0.1, 0.15) is 25.3 Å². The number of rotatable bonds is 7. The largest absolute Gasteiger partial charge is 0.413 e. The molecule has 5 heteroatoms. The van der Waals surface area contributed by atoms with Gasteiger partial charge in [0.2, 0.25) is 0 Å². The second-order valence-corrected chi connectivity index (χ2v) is 9.38. The van der Waals surface area contributed by atoms with Crippen molar-refractivity contribution in [2.45, 2.75) is 45.5 Å². The highest BCUT2D eigenvalue weighted by Crippen LogP contribution is 2.18. The molecular formula is C13H21NO3Si. The Hall–Kier alpha value is -1.20. The summed E-state index contributed by atoms with van der Waals surface area (Å²) in [5.74, 6) is 0. The van der Waals surface area contributed by atoms with Gasteiger partial charge in [0.1, 0.15) is 0 Å². The molecule has 4 nitrogen and oxygen atoms in total. The number of unbranched alkanes of at least 4 members (excludes halogenated alkanes) is 1. The summed E-state index contributed by atoms with van der Waals surface area (Å²) in [6, 6.07) is 7.75. The van der Waals surface area contributed by atoms with E-state index in [1.807, 2.05) is 0 Å². The first kappa shape index (κ1) is 14.9. The Labute approximate surface area is 109 Å². The first-order chi connectivity index (χ1) is 8.44. The molecule has 0 bridgehead atoms. The maximum Gasteiger partial charge on any atom is 0.269 e. The zero-order valence-corrected chi connectivity index (χ0v) is 12.3. The topological polar surface area (TPSA) is 52.4 Å². The maximum atomic E-state index is 10.5. The quantitative estimate of drug-likeness (QED) is 0.424. The lowest BCUT2D eigenvalue weighted by Gasteiger charge is -2.22. The molecule has 0 spiro atoms. The number of non-ortho nitro benzene ring substituents is 1. The number of nitrogens with zero attached hydrogens (tertiary/aromatic N) is 1. The van der Waals surface area contributed by atoms with Crippen molar-refractivity contribution in [2.75, 3.05) is 0 Å². The van der Waals surface area contributed by atoms with Crippen molar-refractivity contribution in [2.24, 2.45) is 0 Å². The Morgan fingerprint density at radius 3 is 2.39 bits per heavy atom. The van der Waals surface area contributed by atoms with Crippen LogP contribution >= 0.6 is 0 Å². The molecule has 0 atom stereocenters. The lowest BCUT2D eigenvalue weighted by molar-refractivity contribution is -0.384. The molecule has 0 fully saturated rings. The number of benzene rings is 1. The monoisotopic (exact) mass is 267 g/mol. The third-order valence-corrected chi connectivity index (χ3v) is 5.39. The smallest absolute Gasteiger partial charge is 0.269 e. The van der Waals surface area contributed by atoms with E-state index in [-0.39, 0.29) is 10.6 Å². The lowest BCUT2D eigenvalue weighted by atomic mass is 10.2. The van der Waals surface area contributed by atoms with E-state index >= 15 is 0 Å². The summed E-state index contributed by atoms with van der Waals surface area (Å²) in [5, 5.41) is 10.5. The summed E-state index contributed by atoms with van der Waals surface area (Å²) in [7, 11) is -1.58. The van der Waals surface area contributed by atoms with Crippen molar-refractivity contribution in [3.8, 4) is 0 Å². The van der Waals surface area contributed by atoms with Crippen molar-refractivity contribution in [3.05, 3.63) is 39.9 Å². The minimum absolute atomic E-state index is 0.126. The maximum absolute atomic E-state index is 10.5. The SMILES string of the molecule is CCCC[Si](C)(C)OCc1ccc([N+](=O)[O-])cc1. The lowest BCUT2D eigenvalue weighted by Crippen LogP contribution is -2.29. The predicted molar refractivity (Wildman–Crippen MR) is 75.1 cm³/mol. The van der Waals surface area contributed by atoms with Crippen LogP contribution < -0.4 is 0 Å². The van der Waals surface area contributed by atoms with Crippen molar-refractivity contribution in [3.63, 3.8) is 0 Å². The van der Waals surface area contributed by atoms with E-state index in [2.05, 4.69) is 20.0 Å². The molecule has 1 aromatic rings. The van der Waals surface area contributed by atoms with Crippen molar-refractivity contribution < 1.29 is 9.35 Å². The van der Waals surface area contributed by atoms with Crippen molar-refractivity contribution >= 4 is 14.0 Å². The number of nitro groups is 1. The van der Waals surface area contributed by atoms with Gasteiger partial charge in [0, 0.05) is 12.1 Å². The molecule has 0 saturated heterocycles. The highest BCUT2D eigenvalue weighted by molar-refractivity contribution is 6.71. The Kier molecular flexibility index (Phi) is 5.49. The van der Waals surface area contributed by atoms with Gasteiger partial charge in [-0.25, -0.2) is 0 Å². The Morgan fingerprint density at radius 2 is 1.89 bits per heavy atom. The molecule has 0 saturated carbocycles. The van der Waals surface area contributed by atoms with Gasteiger partial charge in [-0.05, 0) is 36.8 Å². The third-order valence-electron chi connectivity index (χ3n) is 2.91. The first-order valence-electron chi connectivity index (χ1n) is 6.32. The molecule has 0 amide bonds. The Bertz CT molecular complexity index is 390. The van der Waals surface area contributed by atoms with Crippen LogP contribution in [0.5, 0.6) is 0 Å². The highest BCUT2D eigenvalue weighted by atomic mass is 28.4. The molecule has 0 radical (unpaired) electrons. The summed E-state index contributed by atoms with van der Waals surface area (Å²) >= 11 is 0. The second-order valence-electron chi connectivity index (χ2n) is 5.08.